The number of H-pyrrole nitrogens is 1. The highest BCUT2D eigenvalue weighted by atomic mass is 19.4. The molecule has 0 aliphatic carbocycles. The molecule has 0 aliphatic heterocycles. The second kappa shape index (κ2) is 8.52. The molecule has 9 heteroatoms. The molecule has 1 N–H and O–H groups in total. The van der Waals surface area contributed by atoms with E-state index in [1.165, 1.54) is 19.2 Å². The number of esters is 1. The standard InChI is InChI=1S/C18H17F3N2O4/c1-12(24)14-7-15(22-8-14)17(26)27-10-16(25)23(11-18(19,20)21)9-13-5-3-2-4-6-13/h2-8,22H,9-11H2,1H3. The van der Waals surface area contributed by atoms with Crippen molar-refractivity contribution in [2.75, 3.05) is 13.2 Å². The number of amides is 1. The zero-order chi connectivity index (χ0) is 20.0. The lowest BCUT2D eigenvalue weighted by molar-refractivity contribution is -0.164. The van der Waals surface area contributed by atoms with Crippen LogP contribution in [0.5, 0.6) is 0 Å². The number of rotatable bonds is 7. The number of halogens is 3. The second-order valence-electron chi connectivity index (χ2n) is 5.78. The van der Waals surface area contributed by atoms with E-state index >= 15 is 0 Å². The van der Waals surface area contributed by atoms with Gasteiger partial charge in [-0.05, 0) is 18.6 Å². The lowest BCUT2D eigenvalue weighted by Gasteiger charge is -2.24. The van der Waals surface area contributed by atoms with Gasteiger partial charge in [0.15, 0.2) is 12.4 Å². The Hall–Kier alpha value is -3.10. The van der Waals surface area contributed by atoms with Gasteiger partial charge in [0.25, 0.3) is 5.91 Å². The van der Waals surface area contributed by atoms with Crippen LogP contribution < -0.4 is 0 Å². The highest BCUT2D eigenvalue weighted by Crippen LogP contribution is 2.18. The smallest absolute Gasteiger partial charge is 0.406 e. The number of carbonyl (C=O) groups is 3. The molecular weight excluding hydrogens is 365 g/mol. The summed E-state index contributed by atoms with van der Waals surface area (Å²) < 4.78 is 43.1. The van der Waals surface area contributed by atoms with Gasteiger partial charge < -0.3 is 14.6 Å². The number of nitrogens with zero attached hydrogens (tertiary/aromatic N) is 1. The average molecular weight is 382 g/mol. The number of aromatic nitrogens is 1. The minimum atomic E-state index is -4.59. The molecular formula is C18H17F3N2O4. The maximum atomic E-state index is 12.8. The Kier molecular flexibility index (Phi) is 6.38. The van der Waals surface area contributed by atoms with Crippen LogP contribution in [0.4, 0.5) is 13.2 Å². The van der Waals surface area contributed by atoms with Crippen molar-refractivity contribution in [1.82, 2.24) is 9.88 Å². The highest BCUT2D eigenvalue weighted by molar-refractivity contribution is 5.97. The third-order valence-corrected chi connectivity index (χ3v) is 3.58. The Morgan fingerprint density at radius 2 is 1.81 bits per heavy atom. The summed E-state index contributed by atoms with van der Waals surface area (Å²) in [4.78, 5) is 38.3. The Balaban J connectivity index is 2.01. The number of alkyl halides is 3. The number of carbonyl (C=O) groups excluding carboxylic acids is 3. The molecule has 0 saturated heterocycles. The first-order valence-electron chi connectivity index (χ1n) is 7.90. The summed E-state index contributed by atoms with van der Waals surface area (Å²) in [7, 11) is 0. The summed E-state index contributed by atoms with van der Waals surface area (Å²) >= 11 is 0. The number of benzene rings is 1. The van der Waals surface area contributed by atoms with Crippen molar-refractivity contribution in [3.63, 3.8) is 0 Å². The van der Waals surface area contributed by atoms with Gasteiger partial charge in [0.1, 0.15) is 12.2 Å². The molecule has 27 heavy (non-hydrogen) atoms. The van der Waals surface area contributed by atoms with Gasteiger partial charge in [-0.15, -0.1) is 0 Å². The van der Waals surface area contributed by atoms with Gasteiger partial charge in [0.2, 0.25) is 0 Å². The first-order valence-corrected chi connectivity index (χ1v) is 7.90. The molecule has 1 amide bonds. The van der Waals surface area contributed by atoms with Gasteiger partial charge in [0.05, 0.1) is 0 Å². The molecule has 144 valence electrons. The van der Waals surface area contributed by atoms with Crippen molar-refractivity contribution in [1.29, 1.82) is 0 Å². The minimum Gasteiger partial charge on any atom is -0.451 e. The lowest BCUT2D eigenvalue weighted by Crippen LogP contribution is -2.40. The van der Waals surface area contributed by atoms with E-state index in [4.69, 9.17) is 4.74 Å². The van der Waals surface area contributed by atoms with Crippen molar-refractivity contribution in [3.8, 4) is 0 Å². The van der Waals surface area contributed by atoms with E-state index in [1.54, 1.807) is 30.3 Å². The van der Waals surface area contributed by atoms with Gasteiger partial charge in [-0.3, -0.25) is 9.59 Å². The number of ketones is 1. The molecule has 1 heterocycles. The van der Waals surface area contributed by atoms with Crippen molar-refractivity contribution < 1.29 is 32.3 Å². The first-order chi connectivity index (χ1) is 12.7. The molecule has 0 fully saturated rings. The van der Waals surface area contributed by atoms with E-state index in [9.17, 15) is 27.6 Å². The van der Waals surface area contributed by atoms with Gasteiger partial charge in [0, 0.05) is 18.3 Å². The van der Waals surface area contributed by atoms with Crippen LogP contribution >= 0.6 is 0 Å². The second-order valence-corrected chi connectivity index (χ2v) is 5.78. The van der Waals surface area contributed by atoms with Crippen LogP contribution in [0, 0.1) is 0 Å². The fraction of sp³-hybridized carbons (Fsp3) is 0.278. The SMILES string of the molecule is CC(=O)c1c[nH]c(C(=O)OCC(=O)N(Cc2ccccc2)CC(F)(F)F)c1. The molecule has 2 aromatic rings. The number of aromatic amines is 1. The van der Waals surface area contributed by atoms with E-state index in [1.807, 2.05) is 0 Å². The number of hydrogen-bond donors (Lipinski definition) is 1. The maximum absolute atomic E-state index is 12.8. The summed E-state index contributed by atoms with van der Waals surface area (Å²) in [5.41, 5.74) is 0.686. The van der Waals surface area contributed by atoms with Crippen LogP contribution in [0.2, 0.25) is 0 Å². The predicted octanol–water partition coefficient (Wildman–Crippen LogP) is 2.97. The topological polar surface area (TPSA) is 79.5 Å². The number of Topliss-reactive ketones (excluding diaryl/α,β-unsaturated/α-hetero) is 1. The van der Waals surface area contributed by atoms with E-state index in [-0.39, 0.29) is 23.6 Å². The van der Waals surface area contributed by atoms with Crippen LogP contribution in [-0.2, 0) is 16.1 Å². The van der Waals surface area contributed by atoms with E-state index in [2.05, 4.69) is 4.98 Å². The number of hydrogen-bond acceptors (Lipinski definition) is 4. The molecule has 0 radical (unpaired) electrons. The number of nitrogens with one attached hydrogen (secondary N) is 1. The van der Waals surface area contributed by atoms with E-state index in [0.717, 1.165) is 0 Å². The summed E-state index contributed by atoms with van der Waals surface area (Å²) in [5, 5.41) is 0. The van der Waals surface area contributed by atoms with Gasteiger partial charge in [-0.1, -0.05) is 30.3 Å². The van der Waals surface area contributed by atoms with E-state index in [0.29, 0.717) is 10.5 Å². The van der Waals surface area contributed by atoms with Crippen LogP contribution in [0.25, 0.3) is 0 Å². The molecule has 0 spiro atoms. The van der Waals surface area contributed by atoms with Crippen molar-refractivity contribution in [3.05, 3.63) is 59.4 Å². The van der Waals surface area contributed by atoms with Crippen LogP contribution in [0.15, 0.2) is 42.6 Å². The van der Waals surface area contributed by atoms with Gasteiger partial charge >= 0.3 is 12.1 Å². The fourth-order valence-electron chi connectivity index (χ4n) is 2.26. The van der Waals surface area contributed by atoms with Crippen molar-refractivity contribution in [2.45, 2.75) is 19.6 Å². The fourth-order valence-corrected chi connectivity index (χ4v) is 2.26. The van der Waals surface area contributed by atoms with Crippen LogP contribution in [-0.4, -0.2) is 46.9 Å². The predicted molar refractivity (Wildman–Crippen MR) is 89.0 cm³/mol. The Morgan fingerprint density at radius 1 is 1.15 bits per heavy atom. The van der Waals surface area contributed by atoms with Crippen molar-refractivity contribution >= 4 is 17.7 Å². The van der Waals surface area contributed by atoms with Crippen LogP contribution in [0.1, 0.15) is 33.3 Å². The van der Waals surface area contributed by atoms with Crippen LogP contribution in [0.3, 0.4) is 0 Å². The normalized spacial score (nSPS) is 11.1. The third kappa shape index (κ3) is 6.28. The summed E-state index contributed by atoms with van der Waals surface area (Å²) in [6.45, 7) is -1.28. The van der Waals surface area contributed by atoms with Gasteiger partial charge in [-0.2, -0.15) is 13.2 Å². The summed E-state index contributed by atoms with van der Waals surface area (Å²) in [6.07, 6.45) is -3.30. The minimum absolute atomic E-state index is 0.0709. The molecule has 0 aliphatic rings. The van der Waals surface area contributed by atoms with E-state index < -0.39 is 31.2 Å². The maximum Gasteiger partial charge on any atom is 0.406 e. The zero-order valence-electron chi connectivity index (χ0n) is 14.4. The molecule has 0 unspecified atom stereocenters. The number of ether oxygens (including phenoxy) is 1. The quantitative estimate of drug-likeness (QED) is 0.590. The largest absolute Gasteiger partial charge is 0.451 e. The molecule has 1 aromatic carbocycles. The average Bonchev–Trinajstić information content (AvgIpc) is 3.09. The Morgan fingerprint density at radius 3 is 2.37 bits per heavy atom. The van der Waals surface area contributed by atoms with Crippen molar-refractivity contribution in [2.24, 2.45) is 0 Å². The monoisotopic (exact) mass is 382 g/mol. The molecule has 1 aromatic heterocycles. The molecule has 6 nitrogen and oxygen atoms in total. The van der Waals surface area contributed by atoms with Gasteiger partial charge in [-0.25, -0.2) is 4.79 Å². The summed E-state index contributed by atoms with van der Waals surface area (Å²) in [6, 6.07) is 9.40. The first kappa shape index (κ1) is 20.2. The Bertz CT molecular complexity index is 816. The molecule has 2 rings (SSSR count). The highest BCUT2D eigenvalue weighted by Gasteiger charge is 2.33. The third-order valence-electron chi connectivity index (χ3n) is 3.58. The summed E-state index contributed by atoms with van der Waals surface area (Å²) in [5.74, 6) is -2.20. The lowest BCUT2D eigenvalue weighted by atomic mass is 10.2. The zero-order valence-corrected chi connectivity index (χ0v) is 14.4. The molecule has 0 saturated carbocycles. The molecule has 0 atom stereocenters. The Labute approximate surface area is 152 Å². The molecule has 0 bridgehead atoms.